The standard InChI is InChI=1S/C15H15NSSi/c16-13-17-11-12-18(14-7-3-1-4-8-14)15-9-5-2-6-10-15/h1-10,18H,11-12H2. The molecule has 2 aromatic carbocycles. The van der Waals surface area contributed by atoms with Crippen molar-refractivity contribution < 1.29 is 0 Å². The van der Waals surface area contributed by atoms with Crippen molar-refractivity contribution in [2.24, 2.45) is 0 Å². The van der Waals surface area contributed by atoms with Gasteiger partial charge in [0.15, 0.2) is 0 Å². The van der Waals surface area contributed by atoms with E-state index in [4.69, 9.17) is 5.26 Å². The van der Waals surface area contributed by atoms with Crippen LogP contribution < -0.4 is 10.4 Å². The third-order valence-electron chi connectivity index (χ3n) is 2.98. The summed E-state index contributed by atoms with van der Waals surface area (Å²) in [4.78, 5) is 0. The molecule has 3 heteroatoms. The first-order valence-electron chi connectivity index (χ1n) is 6.02. The van der Waals surface area contributed by atoms with E-state index < -0.39 is 8.80 Å². The van der Waals surface area contributed by atoms with Crippen LogP contribution in [0.3, 0.4) is 0 Å². The minimum atomic E-state index is -1.15. The summed E-state index contributed by atoms with van der Waals surface area (Å²) in [5.74, 6) is 0.928. The predicted octanol–water partition coefficient (Wildman–Crippen LogP) is 2.24. The second-order valence-electron chi connectivity index (χ2n) is 4.10. The monoisotopic (exact) mass is 269 g/mol. The van der Waals surface area contributed by atoms with Gasteiger partial charge in [-0.2, -0.15) is 5.26 Å². The first-order chi connectivity index (χ1) is 8.92. The lowest BCUT2D eigenvalue weighted by molar-refractivity contribution is 1.46. The van der Waals surface area contributed by atoms with Crippen molar-refractivity contribution in [2.45, 2.75) is 6.04 Å². The molecule has 0 saturated heterocycles. The van der Waals surface area contributed by atoms with Crippen LogP contribution in [0.4, 0.5) is 0 Å². The maximum atomic E-state index is 8.65. The fourth-order valence-electron chi connectivity index (χ4n) is 2.12. The van der Waals surface area contributed by atoms with E-state index >= 15 is 0 Å². The second kappa shape index (κ2) is 7.05. The molecule has 2 rings (SSSR count). The van der Waals surface area contributed by atoms with Crippen LogP contribution in [0.5, 0.6) is 0 Å². The molecule has 0 unspecified atom stereocenters. The van der Waals surface area contributed by atoms with Crippen LogP contribution in [0.1, 0.15) is 0 Å². The Kier molecular flexibility index (Phi) is 5.07. The quantitative estimate of drug-likeness (QED) is 0.472. The molecule has 0 bridgehead atoms. The number of hydrogen-bond acceptors (Lipinski definition) is 2. The minimum absolute atomic E-state index is 0.928. The topological polar surface area (TPSA) is 23.8 Å². The molecule has 0 aliphatic rings. The van der Waals surface area contributed by atoms with E-state index in [9.17, 15) is 0 Å². The summed E-state index contributed by atoms with van der Waals surface area (Å²) in [7, 11) is -1.15. The third kappa shape index (κ3) is 3.49. The Bertz CT molecular complexity index is 468. The zero-order chi connectivity index (χ0) is 12.6. The molecular weight excluding hydrogens is 254 g/mol. The molecule has 0 fully saturated rings. The Morgan fingerprint density at radius 2 is 1.39 bits per heavy atom. The van der Waals surface area contributed by atoms with Gasteiger partial charge in [0.05, 0.1) is 0 Å². The molecule has 0 aliphatic heterocycles. The highest BCUT2D eigenvalue weighted by Gasteiger charge is 2.15. The summed E-state index contributed by atoms with van der Waals surface area (Å²) in [5.41, 5.74) is 0. The number of nitriles is 1. The zero-order valence-electron chi connectivity index (χ0n) is 10.1. The van der Waals surface area contributed by atoms with E-state index in [1.54, 1.807) is 0 Å². The summed E-state index contributed by atoms with van der Waals surface area (Å²) in [6.45, 7) is 0. The predicted molar refractivity (Wildman–Crippen MR) is 82.2 cm³/mol. The first kappa shape index (κ1) is 12.9. The highest BCUT2D eigenvalue weighted by atomic mass is 32.2. The van der Waals surface area contributed by atoms with Gasteiger partial charge in [-0.25, -0.2) is 0 Å². The molecule has 90 valence electrons. The van der Waals surface area contributed by atoms with Gasteiger partial charge in [-0.1, -0.05) is 71.0 Å². The lowest BCUT2D eigenvalue weighted by Crippen LogP contribution is -2.42. The number of benzene rings is 2. The Labute approximate surface area is 114 Å². The van der Waals surface area contributed by atoms with E-state index in [2.05, 4.69) is 66.1 Å². The average Bonchev–Trinajstić information content (AvgIpc) is 2.46. The Hall–Kier alpha value is -1.50. The average molecular weight is 269 g/mol. The molecule has 0 N–H and O–H groups in total. The van der Waals surface area contributed by atoms with Crippen molar-refractivity contribution in [1.82, 2.24) is 0 Å². The highest BCUT2D eigenvalue weighted by Crippen LogP contribution is 2.05. The van der Waals surface area contributed by atoms with Gasteiger partial charge >= 0.3 is 0 Å². The largest absolute Gasteiger partial charge is 0.185 e. The van der Waals surface area contributed by atoms with Crippen molar-refractivity contribution in [1.29, 1.82) is 5.26 Å². The normalized spacial score (nSPS) is 10.2. The highest BCUT2D eigenvalue weighted by molar-refractivity contribution is 8.03. The van der Waals surface area contributed by atoms with E-state index in [-0.39, 0.29) is 0 Å². The van der Waals surface area contributed by atoms with Gasteiger partial charge in [0.1, 0.15) is 14.2 Å². The number of nitrogens with zero attached hydrogens (tertiary/aromatic N) is 1. The molecule has 0 radical (unpaired) electrons. The van der Waals surface area contributed by atoms with Crippen molar-refractivity contribution in [3.8, 4) is 5.40 Å². The summed E-state index contributed by atoms with van der Waals surface area (Å²) >= 11 is 1.37. The molecule has 0 spiro atoms. The molecule has 1 nitrogen and oxygen atoms in total. The summed E-state index contributed by atoms with van der Waals surface area (Å²) in [6.07, 6.45) is 0. The Morgan fingerprint density at radius 3 is 1.83 bits per heavy atom. The van der Waals surface area contributed by atoms with E-state index in [0.717, 1.165) is 11.8 Å². The first-order valence-corrected chi connectivity index (χ1v) is 8.98. The van der Waals surface area contributed by atoms with E-state index in [1.165, 1.54) is 22.1 Å². The van der Waals surface area contributed by atoms with E-state index in [0.29, 0.717) is 0 Å². The van der Waals surface area contributed by atoms with Gasteiger partial charge < -0.3 is 0 Å². The molecule has 0 saturated carbocycles. The lowest BCUT2D eigenvalue weighted by Gasteiger charge is -2.15. The maximum absolute atomic E-state index is 8.65. The van der Waals surface area contributed by atoms with Crippen molar-refractivity contribution >= 4 is 30.9 Å². The van der Waals surface area contributed by atoms with Gasteiger partial charge in [-0.15, -0.1) is 0 Å². The number of thioether (sulfide) groups is 1. The van der Waals surface area contributed by atoms with Crippen molar-refractivity contribution in [3.05, 3.63) is 60.7 Å². The van der Waals surface area contributed by atoms with Gasteiger partial charge in [0, 0.05) is 5.75 Å². The molecule has 0 heterocycles. The van der Waals surface area contributed by atoms with Crippen LogP contribution in [0, 0.1) is 10.7 Å². The molecular formula is C15H15NSSi. The summed E-state index contributed by atoms with van der Waals surface area (Å²) in [5, 5.41) is 13.7. The van der Waals surface area contributed by atoms with Crippen LogP contribution in [0.2, 0.25) is 6.04 Å². The minimum Gasteiger partial charge on any atom is -0.185 e. The number of rotatable bonds is 5. The summed E-state index contributed by atoms with van der Waals surface area (Å²) < 4.78 is 0. The number of thiocyanates is 1. The molecule has 0 amide bonds. The van der Waals surface area contributed by atoms with Crippen LogP contribution in [0.15, 0.2) is 60.7 Å². The molecule has 0 atom stereocenters. The molecule has 2 aromatic rings. The van der Waals surface area contributed by atoms with Crippen molar-refractivity contribution in [2.75, 3.05) is 5.75 Å². The fraction of sp³-hybridized carbons (Fsp3) is 0.133. The van der Waals surface area contributed by atoms with Crippen molar-refractivity contribution in [3.63, 3.8) is 0 Å². The van der Waals surface area contributed by atoms with Gasteiger partial charge in [-0.3, -0.25) is 0 Å². The Morgan fingerprint density at radius 1 is 0.889 bits per heavy atom. The van der Waals surface area contributed by atoms with Gasteiger partial charge in [0.25, 0.3) is 0 Å². The maximum Gasteiger partial charge on any atom is 0.133 e. The van der Waals surface area contributed by atoms with E-state index in [1.807, 2.05) is 0 Å². The zero-order valence-corrected chi connectivity index (χ0v) is 12.1. The molecule has 0 aliphatic carbocycles. The van der Waals surface area contributed by atoms with Crippen LogP contribution in [-0.4, -0.2) is 14.5 Å². The smallest absolute Gasteiger partial charge is 0.133 e. The van der Waals surface area contributed by atoms with Crippen LogP contribution in [0.25, 0.3) is 0 Å². The molecule has 18 heavy (non-hydrogen) atoms. The Balaban J connectivity index is 2.21. The van der Waals surface area contributed by atoms with Crippen LogP contribution in [-0.2, 0) is 0 Å². The summed E-state index contributed by atoms with van der Waals surface area (Å²) in [6, 6.07) is 22.6. The number of hydrogen-bond donors (Lipinski definition) is 0. The molecule has 0 aromatic heterocycles. The SMILES string of the molecule is N#CSCC[SiH](c1ccccc1)c1ccccc1. The van der Waals surface area contributed by atoms with Crippen LogP contribution >= 0.6 is 11.8 Å². The van der Waals surface area contributed by atoms with Gasteiger partial charge in [0.2, 0.25) is 0 Å². The van der Waals surface area contributed by atoms with Gasteiger partial charge in [-0.05, 0) is 17.8 Å². The lowest BCUT2D eigenvalue weighted by atomic mass is 10.4. The second-order valence-corrected chi connectivity index (χ2v) is 8.00. The third-order valence-corrected chi connectivity index (χ3v) is 7.21. The fourth-order valence-corrected chi connectivity index (χ4v) is 6.05.